The molecule has 0 aliphatic carbocycles. The minimum absolute atomic E-state index is 0.366. The van der Waals surface area contributed by atoms with Crippen molar-refractivity contribution < 1.29 is 19.6 Å². The van der Waals surface area contributed by atoms with Crippen LogP contribution in [0, 0.1) is 0 Å². The highest BCUT2D eigenvalue weighted by atomic mass is 16.5. The molecule has 5 heteroatoms. The van der Waals surface area contributed by atoms with Gasteiger partial charge < -0.3 is 14.8 Å². The van der Waals surface area contributed by atoms with Crippen LogP contribution in [0.2, 0.25) is 0 Å². The number of carboxylic acids is 1. The van der Waals surface area contributed by atoms with Crippen molar-refractivity contribution >= 4 is 24.6 Å². The molecular formula is C10H9BO4. The van der Waals surface area contributed by atoms with Gasteiger partial charge in [0, 0.05) is 6.08 Å². The van der Waals surface area contributed by atoms with Crippen molar-refractivity contribution in [3.8, 4) is 0 Å². The Hall–Kier alpha value is -1.59. The summed E-state index contributed by atoms with van der Waals surface area (Å²) in [4.78, 5) is 10.4. The molecule has 1 aliphatic rings. The molecule has 2 rings (SSSR count). The molecule has 1 aromatic rings. The summed E-state index contributed by atoms with van der Waals surface area (Å²) in [5.74, 6) is -1.01. The molecule has 0 aromatic heterocycles. The molecule has 0 fully saturated rings. The Morgan fingerprint density at radius 2 is 2.33 bits per heavy atom. The van der Waals surface area contributed by atoms with E-state index in [0.29, 0.717) is 17.6 Å². The molecule has 0 saturated heterocycles. The summed E-state index contributed by atoms with van der Waals surface area (Å²) in [6.45, 7) is 0.366. The first-order valence-electron chi connectivity index (χ1n) is 4.51. The van der Waals surface area contributed by atoms with Crippen LogP contribution in [0.5, 0.6) is 0 Å². The van der Waals surface area contributed by atoms with Crippen molar-refractivity contribution in [2.24, 2.45) is 0 Å². The highest BCUT2D eigenvalue weighted by Gasteiger charge is 2.28. The zero-order valence-corrected chi connectivity index (χ0v) is 7.88. The van der Waals surface area contributed by atoms with Crippen LogP contribution in [0.4, 0.5) is 0 Å². The molecule has 2 N–H and O–H groups in total. The molecule has 0 bridgehead atoms. The number of rotatable bonds is 2. The Morgan fingerprint density at radius 3 is 3.07 bits per heavy atom. The Bertz CT molecular complexity index is 427. The van der Waals surface area contributed by atoms with Gasteiger partial charge in [0.1, 0.15) is 0 Å². The summed E-state index contributed by atoms with van der Waals surface area (Å²) < 4.78 is 5.04. The van der Waals surface area contributed by atoms with Crippen molar-refractivity contribution in [3.05, 3.63) is 35.4 Å². The molecule has 0 atom stereocenters. The van der Waals surface area contributed by atoms with Crippen molar-refractivity contribution in [1.29, 1.82) is 0 Å². The first-order chi connectivity index (χ1) is 7.18. The normalized spacial score (nSPS) is 14.6. The second-order valence-electron chi connectivity index (χ2n) is 3.25. The van der Waals surface area contributed by atoms with Gasteiger partial charge in [0.15, 0.2) is 0 Å². The van der Waals surface area contributed by atoms with Crippen LogP contribution in [-0.4, -0.2) is 23.2 Å². The molecule has 1 heterocycles. The molecule has 0 unspecified atom stereocenters. The van der Waals surface area contributed by atoms with Crippen molar-refractivity contribution in [2.45, 2.75) is 6.61 Å². The van der Waals surface area contributed by atoms with E-state index in [1.54, 1.807) is 6.07 Å². The molecule has 0 saturated carbocycles. The van der Waals surface area contributed by atoms with E-state index in [1.807, 2.05) is 12.1 Å². The smallest absolute Gasteiger partial charge is 0.478 e. The van der Waals surface area contributed by atoms with Crippen LogP contribution < -0.4 is 5.46 Å². The lowest BCUT2D eigenvalue weighted by atomic mass is 9.76. The molecule has 15 heavy (non-hydrogen) atoms. The summed E-state index contributed by atoms with van der Waals surface area (Å²) in [6.07, 6.45) is 2.50. The SMILES string of the molecule is O=C(O)C=Cc1cccc2c1B(O)OC2. The molecule has 1 aliphatic heterocycles. The molecule has 0 spiro atoms. The second kappa shape index (κ2) is 3.88. The maximum Gasteiger partial charge on any atom is 0.492 e. The summed E-state index contributed by atoms with van der Waals surface area (Å²) in [5.41, 5.74) is 2.24. The van der Waals surface area contributed by atoms with Gasteiger partial charge in [-0.25, -0.2) is 4.79 Å². The van der Waals surface area contributed by atoms with Crippen molar-refractivity contribution in [2.75, 3.05) is 0 Å². The number of hydrogen-bond donors (Lipinski definition) is 2. The predicted molar refractivity (Wildman–Crippen MR) is 55.5 cm³/mol. The number of fused-ring (bicyclic) bond motifs is 1. The Balaban J connectivity index is 2.41. The van der Waals surface area contributed by atoms with Crippen LogP contribution in [-0.2, 0) is 16.1 Å². The van der Waals surface area contributed by atoms with Gasteiger partial charge in [-0.1, -0.05) is 18.2 Å². The summed E-state index contributed by atoms with van der Waals surface area (Å²) in [6, 6.07) is 5.40. The van der Waals surface area contributed by atoms with Crippen LogP contribution in [0.1, 0.15) is 11.1 Å². The zero-order chi connectivity index (χ0) is 10.8. The highest BCUT2D eigenvalue weighted by Crippen LogP contribution is 2.13. The van der Waals surface area contributed by atoms with Gasteiger partial charge in [0.05, 0.1) is 6.61 Å². The number of aliphatic carboxylic acids is 1. The van der Waals surface area contributed by atoms with E-state index in [-0.39, 0.29) is 0 Å². The van der Waals surface area contributed by atoms with Crippen LogP contribution in [0.25, 0.3) is 6.08 Å². The fraction of sp³-hybridized carbons (Fsp3) is 0.100. The summed E-state index contributed by atoms with van der Waals surface area (Å²) in [5, 5.41) is 18.0. The average Bonchev–Trinajstić information content (AvgIpc) is 2.58. The highest BCUT2D eigenvalue weighted by molar-refractivity contribution is 6.62. The first-order valence-corrected chi connectivity index (χ1v) is 4.51. The van der Waals surface area contributed by atoms with Gasteiger partial charge >= 0.3 is 13.1 Å². The lowest BCUT2D eigenvalue weighted by Gasteiger charge is -2.02. The maximum atomic E-state index is 10.4. The van der Waals surface area contributed by atoms with Crippen molar-refractivity contribution in [1.82, 2.24) is 0 Å². The van der Waals surface area contributed by atoms with Gasteiger partial charge in [-0.2, -0.15) is 0 Å². The van der Waals surface area contributed by atoms with E-state index in [9.17, 15) is 9.82 Å². The Morgan fingerprint density at radius 1 is 1.53 bits per heavy atom. The van der Waals surface area contributed by atoms with E-state index < -0.39 is 13.1 Å². The quantitative estimate of drug-likeness (QED) is 0.525. The molecule has 1 aromatic carbocycles. The van der Waals surface area contributed by atoms with E-state index in [2.05, 4.69) is 0 Å². The third-order valence-electron chi connectivity index (χ3n) is 2.28. The molecule has 4 nitrogen and oxygen atoms in total. The topological polar surface area (TPSA) is 66.8 Å². The van der Waals surface area contributed by atoms with E-state index in [4.69, 9.17) is 9.76 Å². The molecular weight excluding hydrogens is 195 g/mol. The largest absolute Gasteiger partial charge is 0.492 e. The van der Waals surface area contributed by atoms with Crippen LogP contribution in [0.15, 0.2) is 24.3 Å². The minimum Gasteiger partial charge on any atom is -0.478 e. The zero-order valence-electron chi connectivity index (χ0n) is 7.88. The fourth-order valence-corrected chi connectivity index (χ4v) is 1.62. The monoisotopic (exact) mass is 204 g/mol. The summed E-state index contributed by atoms with van der Waals surface area (Å²) >= 11 is 0. The molecule has 0 radical (unpaired) electrons. The van der Waals surface area contributed by atoms with Gasteiger partial charge in [-0.3, -0.25) is 0 Å². The number of hydrogen-bond acceptors (Lipinski definition) is 3. The van der Waals surface area contributed by atoms with Gasteiger partial charge in [-0.15, -0.1) is 0 Å². The number of benzene rings is 1. The van der Waals surface area contributed by atoms with E-state index in [1.165, 1.54) is 6.08 Å². The summed E-state index contributed by atoms with van der Waals surface area (Å²) in [7, 11) is -0.949. The van der Waals surface area contributed by atoms with E-state index in [0.717, 1.165) is 11.6 Å². The van der Waals surface area contributed by atoms with Crippen LogP contribution >= 0.6 is 0 Å². The van der Waals surface area contributed by atoms with Gasteiger partial charge in [0.2, 0.25) is 0 Å². The third kappa shape index (κ3) is 1.93. The third-order valence-corrected chi connectivity index (χ3v) is 2.28. The van der Waals surface area contributed by atoms with E-state index >= 15 is 0 Å². The second-order valence-corrected chi connectivity index (χ2v) is 3.25. The first kappa shape index (κ1) is 9.95. The minimum atomic E-state index is -1.01. The lowest BCUT2D eigenvalue weighted by molar-refractivity contribution is -0.131. The number of carbonyl (C=O) groups is 1. The molecule has 0 amide bonds. The average molecular weight is 204 g/mol. The lowest BCUT2D eigenvalue weighted by Crippen LogP contribution is -2.30. The molecule has 76 valence electrons. The predicted octanol–water partition coefficient (Wildman–Crippen LogP) is 0.00210. The van der Waals surface area contributed by atoms with Crippen molar-refractivity contribution in [3.63, 3.8) is 0 Å². The van der Waals surface area contributed by atoms with Gasteiger partial charge in [0.25, 0.3) is 0 Å². The Kier molecular flexibility index (Phi) is 2.57. The standard InChI is InChI=1S/C10H9BO4/c12-9(13)5-4-7-2-1-3-8-6-15-11(14)10(7)8/h1-5,14H,6H2,(H,12,13). The number of carboxylic acid groups (broad SMARTS) is 1. The van der Waals surface area contributed by atoms with Gasteiger partial charge in [-0.05, 0) is 22.7 Å². The van der Waals surface area contributed by atoms with Crippen LogP contribution in [0.3, 0.4) is 0 Å². The maximum absolute atomic E-state index is 10.4. The fourth-order valence-electron chi connectivity index (χ4n) is 1.62. The Labute approximate surface area is 87.0 Å².